The van der Waals surface area contributed by atoms with Crippen LogP contribution in [0.2, 0.25) is 0 Å². The van der Waals surface area contributed by atoms with Gasteiger partial charge in [-0.25, -0.2) is 4.98 Å². The molecule has 0 saturated heterocycles. The van der Waals surface area contributed by atoms with Crippen molar-refractivity contribution in [3.63, 3.8) is 0 Å². The Morgan fingerprint density at radius 1 is 1.03 bits per heavy atom. The Morgan fingerprint density at radius 3 is 2.34 bits per heavy atom. The minimum Gasteiger partial charge on any atom is -0.355 e. The van der Waals surface area contributed by atoms with E-state index in [9.17, 15) is 4.79 Å². The van der Waals surface area contributed by atoms with Crippen LogP contribution < -0.4 is 10.2 Å². The van der Waals surface area contributed by atoms with Gasteiger partial charge in [0.1, 0.15) is 5.82 Å². The summed E-state index contributed by atoms with van der Waals surface area (Å²) in [5.74, 6) is 1.37. The molecule has 0 aliphatic carbocycles. The lowest BCUT2D eigenvalue weighted by molar-refractivity contribution is -0.119. The molecule has 0 saturated carbocycles. The molecule has 6 heteroatoms. The third kappa shape index (κ3) is 6.98. The molecule has 152 valence electrons. The molecule has 2 aromatic carbocycles. The molecule has 0 bridgehead atoms. The molecule has 1 aromatic heterocycles. The number of aromatic nitrogens is 2. The van der Waals surface area contributed by atoms with Crippen LogP contribution in [-0.2, 0) is 17.8 Å². The first-order chi connectivity index (χ1) is 14.1. The number of anilines is 1. The highest BCUT2D eigenvalue weighted by molar-refractivity contribution is 7.09. The molecular formula is C23H28N4OS. The SMILES string of the molecule is CC(C)CCNC(=O)CN(Cc1ccccc1)c1nc(Cc2ccccc2)ns1. The van der Waals surface area contributed by atoms with E-state index in [2.05, 4.69) is 47.8 Å². The van der Waals surface area contributed by atoms with Crippen LogP contribution in [0.15, 0.2) is 60.7 Å². The molecule has 29 heavy (non-hydrogen) atoms. The number of nitrogens with one attached hydrogen (secondary N) is 1. The molecular weight excluding hydrogens is 380 g/mol. The van der Waals surface area contributed by atoms with E-state index < -0.39 is 0 Å². The van der Waals surface area contributed by atoms with Gasteiger partial charge in [0, 0.05) is 31.0 Å². The normalized spacial score (nSPS) is 10.9. The fourth-order valence-corrected chi connectivity index (χ4v) is 3.63. The zero-order chi connectivity index (χ0) is 20.5. The van der Waals surface area contributed by atoms with Crippen molar-refractivity contribution in [1.29, 1.82) is 0 Å². The Morgan fingerprint density at radius 2 is 1.69 bits per heavy atom. The highest BCUT2D eigenvalue weighted by Gasteiger charge is 2.17. The summed E-state index contributed by atoms with van der Waals surface area (Å²) < 4.78 is 4.52. The molecule has 0 aliphatic rings. The van der Waals surface area contributed by atoms with Crippen LogP contribution in [0.3, 0.4) is 0 Å². The van der Waals surface area contributed by atoms with E-state index in [0.29, 0.717) is 25.4 Å². The molecule has 3 rings (SSSR count). The maximum atomic E-state index is 12.5. The van der Waals surface area contributed by atoms with Gasteiger partial charge in [-0.3, -0.25) is 4.79 Å². The molecule has 0 atom stereocenters. The number of carbonyl (C=O) groups is 1. The molecule has 5 nitrogen and oxygen atoms in total. The first-order valence-corrected chi connectivity index (χ1v) is 10.8. The highest BCUT2D eigenvalue weighted by atomic mass is 32.1. The summed E-state index contributed by atoms with van der Waals surface area (Å²) >= 11 is 1.35. The van der Waals surface area contributed by atoms with Crippen molar-refractivity contribution in [3.05, 3.63) is 77.6 Å². The van der Waals surface area contributed by atoms with Crippen LogP contribution in [0.1, 0.15) is 37.2 Å². The number of carbonyl (C=O) groups excluding carboxylic acids is 1. The van der Waals surface area contributed by atoms with E-state index in [4.69, 9.17) is 4.98 Å². The maximum absolute atomic E-state index is 12.5. The minimum absolute atomic E-state index is 0.0152. The maximum Gasteiger partial charge on any atom is 0.239 e. The third-order valence-corrected chi connectivity index (χ3v) is 5.34. The quantitative estimate of drug-likeness (QED) is 0.543. The van der Waals surface area contributed by atoms with Gasteiger partial charge in [-0.2, -0.15) is 4.37 Å². The number of amides is 1. The topological polar surface area (TPSA) is 58.1 Å². The van der Waals surface area contributed by atoms with Crippen molar-refractivity contribution < 1.29 is 4.79 Å². The van der Waals surface area contributed by atoms with Crippen molar-refractivity contribution in [2.45, 2.75) is 33.2 Å². The van der Waals surface area contributed by atoms with E-state index >= 15 is 0 Å². The molecule has 0 spiro atoms. The standard InChI is InChI=1S/C23H28N4OS/c1-18(2)13-14-24-22(28)17-27(16-20-11-7-4-8-12-20)23-25-21(26-29-23)15-19-9-5-3-6-10-19/h3-12,18H,13-17H2,1-2H3,(H,24,28). The second-order valence-corrected chi connectivity index (χ2v) is 8.26. The molecule has 0 radical (unpaired) electrons. The number of nitrogens with zero attached hydrogens (tertiary/aromatic N) is 3. The first-order valence-electron chi connectivity index (χ1n) is 10.0. The Kier molecular flexibility index (Phi) is 7.76. The van der Waals surface area contributed by atoms with Gasteiger partial charge < -0.3 is 10.2 Å². The summed E-state index contributed by atoms with van der Waals surface area (Å²) in [6, 6.07) is 20.3. The number of rotatable bonds is 10. The summed E-state index contributed by atoms with van der Waals surface area (Å²) in [6.45, 7) is 5.91. The minimum atomic E-state index is 0.0152. The van der Waals surface area contributed by atoms with Crippen LogP contribution in [0.25, 0.3) is 0 Å². The predicted molar refractivity (Wildman–Crippen MR) is 119 cm³/mol. The van der Waals surface area contributed by atoms with Gasteiger partial charge in [0.15, 0.2) is 0 Å². The average Bonchev–Trinajstić information content (AvgIpc) is 3.17. The summed E-state index contributed by atoms with van der Waals surface area (Å²) in [5, 5.41) is 3.80. The molecule has 1 N–H and O–H groups in total. The second-order valence-electron chi connectivity index (χ2n) is 7.53. The van der Waals surface area contributed by atoms with Crippen LogP contribution in [-0.4, -0.2) is 28.4 Å². The van der Waals surface area contributed by atoms with Crippen LogP contribution in [0.5, 0.6) is 0 Å². The van der Waals surface area contributed by atoms with Gasteiger partial charge in [0.25, 0.3) is 0 Å². The van der Waals surface area contributed by atoms with Gasteiger partial charge in [0.05, 0.1) is 6.54 Å². The van der Waals surface area contributed by atoms with Crippen LogP contribution in [0, 0.1) is 5.92 Å². The Hall–Kier alpha value is -2.73. The first kappa shape index (κ1) is 21.0. The fourth-order valence-electron chi connectivity index (χ4n) is 2.95. The van der Waals surface area contributed by atoms with E-state index in [1.807, 2.05) is 41.3 Å². The van der Waals surface area contributed by atoms with Crippen molar-refractivity contribution in [2.75, 3.05) is 18.0 Å². The summed E-state index contributed by atoms with van der Waals surface area (Å²) in [4.78, 5) is 19.2. The Balaban J connectivity index is 1.69. The summed E-state index contributed by atoms with van der Waals surface area (Å²) in [5.41, 5.74) is 2.32. The molecule has 0 aliphatic heterocycles. The molecule has 0 unspecified atom stereocenters. The van der Waals surface area contributed by atoms with Gasteiger partial charge in [-0.1, -0.05) is 74.5 Å². The Bertz CT molecular complexity index is 880. The lowest BCUT2D eigenvalue weighted by atomic mass is 10.1. The van der Waals surface area contributed by atoms with E-state index in [1.54, 1.807) is 0 Å². The second kappa shape index (κ2) is 10.7. The number of benzene rings is 2. The molecule has 1 heterocycles. The van der Waals surface area contributed by atoms with E-state index in [1.165, 1.54) is 17.1 Å². The number of hydrogen-bond donors (Lipinski definition) is 1. The zero-order valence-corrected chi connectivity index (χ0v) is 17.9. The smallest absolute Gasteiger partial charge is 0.239 e. The van der Waals surface area contributed by atoms with Gasteiger partial charge >= 0.3 is 0 Å². The van der Waals surface area contributed by atoms with Gasteiger partial charge in [0.2, 0.25) is 11.0 Å². The van der Waals surface area contributed by atoms with Crippen molar-refractivity contribution >= 4 is 22.6 Å². The lowest BCUT2D eigenvalue weighted by Gasteiger charge is -2.21. The van der Waals surface area contributed by atoms with Gasteiger partial charge in [-0.05, 0) is 23.5 Å². The zero-order valence-electron chi connectivity index (χ0n) is 17.0. The predicted octanol–water partition coefficient (Wildman–Crippen LogP) is 4.30. The monoisotopic (exact) mass is 408 g/mol. The molecule has 1 amide bonds. The largest absolute Gasteiger partial charge is 0.355 e. The average molecular weight is 409 g/mol. The molecule has 3 aromatic rings. The van der Waals surface area contributed by atoms with Gasteiger partial charge in [-0.15, -0.1) is 0 Å². The van der Waals surface area contributed by atoms with Crippen LogP contribution >= 0.6 is 11.5 Å². The van der Waals surface area contributed by atoms with E-state index in [0.717, 1.165) is 22.9 Å². The fraction of sp³-hybridized carbons (Fsp3) is 0.348. The van der Waals surface area contributed by atoms with Crippen molar-refractivity contribution in [1.82, 2.24) is 14.7 Å². The number of hydrogen-bond acceptors (Lipinski definition) is 5. The van der Waals surface area contributed by atoms with E-state index in [-0.39, 0.29) is 12.5 Å². The Labute approximate surface area is 177 Å². The highest BCUT2D eigenvalue weighted by Crippen LogP contribution is 2.21. The van der Waals surface area contributed by atoms with Crippen molar-refractivity contribution in [2.24, 2.45) is 5.92 Å². The third-order valence-electron chi connectivity index (χ3n) is 4.53. The summed E-state index contributed by atoms with van der Waals surface area (Å²) in [6.07, 6.45) is 1.67. The molecule has 0 fully saturated rings. The van der Waals surface area contributed by atoms with Crippen LogP contribution in [0.4, 0.5) is 5.13 Å². The lowest BCUT2D eigenvalue weighted by Crippen LogP contribution is -2.37. The summed E-state index contributed by atoms with van der Waals surface area (Å²) in [7, 11) is 0. The van der Waals surface area contributed by atoms with Crippen molar-refractivity contribution in [3.8, 4) is 0 Å².